The number of nitrogens with zero attached hydrogens (tertiary/aromatic N) is 1. The lowest BCUT2D eigenvalue weighted by atomic mass is 10.1. The molecule has 0 radical (unpaired) electrons. The number of benzene rings is 1. The van der Waals surface area contributed by atoms with Crippen molar-refractivity contribution in [2.24, 2.45) is 5.73 Å². The lowest BCUT2D eigenvalue weighted by Crippen LogP contribution is -2.14. The second-order valence-electron chi connectivity index (χ2n) is 2.64. The molecule has 78 valence electrons. The number of hydrogen-bond acceptors (Lipinski definition) is 4. The van der Waals surface area contributed by atoms with Crippen LogP contribution in [0, 0.1) is 13.7 Å². The highest BCUT2D eigenvalue weighted by Crippen LogP contribution is 2.25. The third-order valence-electron chi connectivity index (χ3n) is 1.67. The Morgan fingerprint density at radius 1 is 1.53 bits per heavy atom. The summed E-state index contributed by atoms with van der Waals surface area (Å²) in [5.41, 5.74) is 4.76. The first-order chi connectivity index (χ1) is 6.97. The molecule has 1 rings (SSSR count). The molecule has 0 aliphatic carbocycles. The maximum atomic E-state index is 10.9. The molecular weight excluding hydrogens is 315 g/mol. The summed E-state index contributed by atoms with van der Waals surface area (Å²) < 4.78 is 0.135. The highest BCUT2D eigenvalue weighted by molar-refractivity contribution is 14.1. The van der Waals surface area contributed by atoms with Crippen LogP contribution in [0.15, 0.2) is 12.1 Å². The summed E-state index contributed by atoms with van der Waals surface area (Å²) >= 11 is 1.65. The molecule has 0 bridgehead atoms. The predicted octanol–water partition coefficient (Wildman–Crippen LogP) is 1.11. The number of carbonyl (C=O) groups is 2. The first-order valence-electron chi connectivity index (χ1n) is 3.70. The number of nitrogens with two attached hydrogens (primary N) is 1. The number of halogens is 1. The molecule has 7 heteroatoms. The van der Waals surface area contributed by atoms with Gasteiger partial charge in [-0.25, -0.2) is 0 Å². The number of aldehydes is 1. The van der Waals surface area contributed by atoms with E-state index in [1.54, 1.807) is 22.6 Å². The fourth-order valence-corrected chi connectivity index (χ4v) is 1.79. The van der Waals surface area contributed by atoms with Crippen molar-refractivity contribution in [2.45, 2.75) is 0 Å². The van der Waals surface area contributed by atoms with Crippen molar-refractivity contribution < 1.29 is 14.5 Å². The Bertz CT molecular complexity index is 423. The van der Waals surface area contributed by atoms with E-state index < -0.39 is 10.8 Å². The first kappa shape index (κ1) is 11.6. The Balaban J connectivity index is 3.53. The van der Waals surface area contributed by atoms with E-state index in [1.807, 2.05) is 0 Å². The van der Waals surface area contributed by atoms with Gasteiger partial charge in [-0.1, -0.05) is 0 Å². The van der Waals surface area contributed by atoms with Gasteiger partial charge in [-0.3, -0.25) is 19.7 Å². The highest BCUT2D eigenvalue weighted by Gasteiger charge is 2.19. The van der Waals surface area contributed by atoms with Crippen molar-refractivity contribution in [1.82, 2.24) is 0 Å². The van der Waals surface area contributed by atoms with Gasteiger partial charge in [0.2, 0.25) is 5.91 Å². The van der Waals surface area contributed by atoms with Gasteiger partial charge < -0.3 is 5.73 Å². The third kappa shape index (κ3) is 2.29. The molecule has 0 heterocycles. The third-order valence-corrected chi connectivity index (χ3v) is 2.81. The van der Waals surface area contributed by atoms with E-state index in [-0.39, 0.29) is 20.4 Å². The van der Waals surface area contributed by atoms with Crippen LogP contribution in [-0.2, 0) is 0 Å². The summed E-state index contributed by atoms with van der Waals surface area (Å²) in [6.45, 7) is 0. The molecular formula is C8H5IN2O4. The van der Waals surface area contributed by atoms with Gasteiger partial charge in [0.25, 0.3) is 5.69 Å². The Hall–Kier alpha value is -1.51. The number of carbonyl (C=O) groups excluding carboxylic acids is 2. The molecule has 1 aromatic rings. The quantitative estimate of drug-likeness (QED) is 0.390. The van der Waals surface area contributed by atoms with Crippen LogP contribution >= 0.6 is 22.6 Å². The van der Waals surface area contributed by atoms with E-state index in [4.69, 9.17) is 5.73 Å². The van der Waals surface area contributed by atoms with Crippen molar-refractivity contribution in [3.05, 3.63) is 36.9 Å². The van der Waals surface area contributed by atoms with Crippen LogP contribution in [0.1, 0.15) is 20.7 Å². The standard InChI is InChI=1S/C8H5IN2O4/c9-7-5(8(10)13)1-4(3-12)2-6(7)11(14)15/h1-3H,(H2,10,13). The largest absolute Gasteiger partial charge is 0.366 e. The van der Waals surface area contributed by atoms with Gasteiger partial charge in [-0.2, -0.15) is 0 Å². The van der Waals surface area contributed by atoms with Gasteiger partial charge in [-0.15, -0.1) is 0 Å². The average Bonchev–Trinajstić information content (AvgIpc) is 2.17. The number of hydrogen-bond donors (Lipinski definition) is 1. The Morgan fingerprint density at radius 2 is 2.13 bits per heavy atom. The number of amides is 1. The molecule has 0 aliphatic rings. The lowest BCUT2D eigenvalue weighted by Gasteiger charge is -2.02. The minimum atomic E-state index is -0.800. The van der Waals surface area contributed by atoms with E-state index in [1.165, 1.54) is 6.07 Å². The second-order valence-corrected chi connectivity index (χ2v) is 3.72. The molecule has 0 saturated heterocycles. The average molecular weight is 320 g/mol. The number of nitro groups is 1. The Morgan fingerprint density at radius 3 is 2.53 bits per heavy atom. The van der Waals surface area contributed by atoms with Gasteiger partial charge >= 0.3 is 0 Å². The van der Waals surface area contributed by atoms with Gasteiger partial charge in [-0.05, 0) is 28.7 Å². The van der Waals surface area contributed by atoms with Crippen LogP contribution in [0.3, 0.4) is 0 Å². The zero-order valence-corrected chi connectivity index (χ0v) is 9.43. The van der Waals surface area contributed by atoms with Crippen molar-refractivity contribution in [3.63, 3.8) is 0 Å². The molecule has 0 unspecified atom stereocenters. The molecule has 6 nitrogen and oxygen atoms in total. The second kappa shape index (κ2) is 4.34. The SMILES string of the molecule is NC(=O)c1cc(C=O)cc([N+](=O)[O-])c1I. The van der Waals surface area contributed by atoms with Crippen LogP contribution in [0.25, 0.3) is 0 Å². The van der Waals surface area contributed by atoms with Crippen LogP contribution in [-0.4, -0.2) is 17.1 Å². The summed E-state index contributed by atoms with van der Waals surface area (Å²) in [4.78, 5) is 31.4. The van der Waals surface area contributed by atoms with Crippen LogP contribution in [0.4, 0.5) is 5.69 Å². The first-order valence-corrected chi connectivity index (χ1v) is 4.78. The normalized spacial score (nSPS) is 9.67. The molecule has 1 amide bonds. The van der Waals surface area contributed by atoms with E-state index in [0.29, 0.717) is 6.29 Å². The van der Waals surface area contributed by atoms with Crippen molar-refractivity contribution in [2.75, 3.05) is 0 Å². The predicted molar refractivity (Wildman–Crippen MR) is 59.7 cm³/mol. The summed E-state index contributed by atoms with van der Waals surface area (Å²) in [6.07, 6.45) is 0.426. The summed E-state index contributed by atoms with van der Waals surface area (Å²) in [5.74, 6) is -0.800. The van der Waals surface area contributed by atoms with Crippen LogP contribution in [0.5, 0.6) is 0 Å². The van der Waals surface area contributed by atoms with Crippen LogP contribution < -0.4 is 5.73 Å². The van der Waals surface area contributed by atoms with Gasteiger partial charge in [0.15, 0.2) is 0 Å². The molecule has 0 fully saturated rings. The molecule has 2 N–H and O–H groups in total. The Labute approximate surface area is 97.7 Å². The zero-order valence-electron chi connectivity index (χ0n) is 7.27. The minimum absolute atomic E-state index is 0.0214. The van der Waals surface area contributed by atoms with E-state index >= 15 is 0 Å². The van der Waals surface area contributed by atoms with E-state index in [2.05, 4.69) is 0 Å². The topological polar surface area (TPSA) is 103 Å². The number of rotatable bonds is 3. The molecule has 1 aromatic carbocycles. The molecule has 0 spiro atoms. The van der Waals surface area contributed by atoms with Gasteiger partial charge in [0.05, 0.1) is 10.5 Å². The number of primary amides is 1. The number of nitro benzene ring substituents is 1. The lowest BCUT2D eigenvalue weighted by molar-refractivity contribution is -0.385. The van der Waals surface area contributed by atoms with Crippen molar-refractivity contribution >= 4 is 40.5 Å². The van der Waals surface area contributed by atoms with E-state index in [9.17, 15) is 19.7 Å². The monoisotopic (exact) mass is 320 g/mol. The van der Waals surface area contributed by atoms with Crippen molar-refractivity contribution in [1.29, 1.82) is 0 Å². The fourth-order valence-electron chi connectivity index (χ4n) is 1.01. The summed E-state index contributed by atoms with van der Waals surface area (Å²) in [5, 5.41) is 10.6. The fraction of sp³-hybridized carbons (Fsp3) is 0. The minimum Gasteiger partial charge on any atom is -0.366 e. The maximum Gasteiger partial charge on any atom is 0.284 e. The molecule has 0 saturated carbocycles. The maximum absolute atomic E-state index is 10.9. The molecule has 0 aliphatic heterocycles. The molecule has 0 atom stereocenters. The van der Waals surface area contributed by atoms with Gasteiger partial charge in [0, 0.05) is 11.6 Å². The highest BCUT2D eigenvalue weighted by atomic mass is 127. The molecule has 0 aromatic heterocycles. The van der Waals surface area contributed by atoms with Gasteiger partial charge in [0.1, 0.15) is 9.86 Å². The van der Waals surface area contributed by atoms with Crippen molar-refractivity contribution in [3.8, 4) is 0 Å². The van der Waals surface area contributed by atoms with Crippen LogP contribution in [0.2, 0.25) is 0 Å². The summed E-state index contributed by atoms with van der Waals surface area (Å²) in [7, 11) is 0. The summed E-state index contributed by atoms with van der Waals surface area (Å²) in [6, 6.07) is 2.32. The smallest absolute Gasteiger partial charge is 0.284 e. The van der Waals surface area contributed by atoms with E-state index in [0.717, 1.165) is 6.07 Å². The molecule has 15 heavy (non-hydrogen) atoms. The Kier molecular flexibility index (Phi) is 3.35. The zero-order chi connectivity index (χ0) is 11.6.